The number of nitrogens with one attached hydrogen (secondary N) is 2. The standard InChI is InChI=1S/C21H22ClN3O3/c1-2-3-12-21(15-8-5-4-6-9-15)19(27)25(20(28)24-21)14-18(26)23-17-11-7-10-16(22)13-17/h4-11,13H,2-3,12,14H2,1H3,(H,23,26)(H,24,28). The van der Waals surface area contributed by atoms with Crippen LogP contribution in [0.4, 0.5) is 10.5 Å². The van der Waals surface area contributed by atoms with Crippen LogP contribution in [-0.4, -0.2) is 29.3 Å². The number of carbonyl (C=O) groups excluding carboxylic acids is 3. The SMILES string of the molecule is CCCCC1(c2ccccc2)NC(=O)N(CC(=O)Nc2cccc(Cl)c2)C1=O. The largest absolute Gasteiger partial charge is 0.325 e. The van der Waals surface area contributed by atoms with Gasteiger partial charge in [0.2, 0.25) is 5.91 Å². The second-order valence-corrected chi connectivity index (χ2v) is 7.19. The van der Waals surface area contributed by atoms with Crippen LogP contribution in [0.25, 0.3) is 0 Å². The first-order chi connectivity index (χ1) is 13.5. The van der Waals surface area contributed by atoms with Crippen LogP contribution < -0.4 is 10.6 Å². The van der Waals surface area contributed by atoms with Crippen LogP contribution >= 0.6 is 11.6 Å². The molecule has 6 nitrogen and oxygen atoms in total. The molecule has 28 heavy (non-hydrogen) atoms. The summed E-state index contributed by atoms with van der Waals surface area (Å²) in [5, 5.41) is 5.98. The molecular formula is C21H22ClN3O3. The second kappa shape index (κ2) is 8.44. The van der Waals surface area contributed by atoms with Crippen LogP contribution in [0.1, 0.15) is 31.7 Å². The normalized spacial score (nSPS) is 18.9. The predicted octanol–water partition coefficient (Wildman–Crippen LogP) is 3.92. The van der Waals surface area contributed by atoms with E-state index in [1.807, 2.05) is 37.3 Å². The molecule has 0 spiro atoms. The zero-order valence-corrected chi connectivity index (χ0v) is 16.3. The molecule has 0 bridgehead atoms. The Labute approximate surface area is 168 Å². The fraction of sp³-hybridized carbons (Fsp3) is 0.286. The Morgan fingerprint density at radius 3 is 2.57 bits per heavy atom. The number of anilines is 1. The number of imide groups is 1. The number of unbranched alkanes of at least 4 members (excludes halogenated alkanes) is 1. The van der Waals surface area contributed by atoms with Gasteiger partial charge in [-0.25, -0.2) is 4.79 Å². The molecule has 1 aliphatic heterocycles. The summed E-state index contributed by atoms with van der Waals surface area (Å²) in [6.07, 6.45) is 2.13. The van der Waals surface area contributed by atoms with Crippen molar-refractivity contribution in [2.45, 2.75) is 31.7 Å². The minimum Gasteiger partial charge on any atom is -0.324 e. The van der Waals surface area contributed by atoms with Gasteiger partial charge in [-0.2, -0.15) is 0 Å². The average Bonchev–Trinajstić information content (AvgIpc) is 2.92. The van der Waals surface area contributed by atoms with Crippen LogP contribution in [0.3, 0.4) is 0 Å². The minimum absolute atomic E-state index is 0.363. The van der Waals surface area contributed by atoms with Gasteiger partial charge in [0.15, 0.2) is 0 Å². The number of hydrogen-bond acceptors (Lipinski definition) is 3. The number of carbonyl (C=O) groups is 3. The number of benzene rings is 2. The molecular weight excluding hydrogens is 378 g/mol. The molecule has 1 fully saturated rings. The highest BCUT2D eigenvalue weighted by Gasteiger charge is 2.52. The maximum Gasteiger partial charge on any atom is 0.325 e. The third-order valence-electron chi connectivity index (χ3n) is 4.76. The minimum atomic E-state index is -1.13. The zero-order valence-electron chi connectivity index (χ0n) is 15.6. The summed E-state index contributed by atoms with van der Waals surface area (Å²) in [4.78, 5) is 39.2. The second-order valence-electron chi connectivity index (χ2n) is 6.75. The van der Waals surface area contributed by atoms with Gasteiger partial charge in [-0.1, -0.05) is 67.8 Å². The quantitative estimate of drug-likeness (QED) is 0.692. The molecule has 0 saturated carbocycles. The van der Waals surface area contributed by atoms with Crippen molar-refractivity contribution in [3.05, 3.63) is 65.2 Å². The fourth-order valence-corrected chi connectivity index (χ4v) is 3.54. The van der Waals surface area contributed by atoms with Gasteiger partial charge in [0.1, 0.15) is 12.1 Å². The van der Waals surface area contributed by atoms with Gasteiger partial charge in [-0.15, -0.1) is 0 Å². The smallest absolute Gasteiger partial charge is 0.324 e. The third kappa shape index (κ3) is 4.02. The molecule has 3 rings (SSSR count). The Bertz CT molecular complexity index is 887. The molecule has 146 valence electrons. The van der Waals surface area contributed by atoms with Gasteiger partial charge in [0.05, 0.1) is 0 Å². The Balaban J connectivity index is 1.80. The number of urea groups is 1. The zero-order chi connectivity index (χ0) is 20.1. The van der Waals surface area contributed by atoms with E-state index in [1.165, 1.54) is 0 Å². The molecule has 1 heterocycles. The molecule has 4 amide bonds. The Morgan fingerprint density at radius 2 is 1.89 bits per heavy atom. The van der Waals surface area contributed by atoms with Gasteiger partial charge < -0.3 is 10.6 Å². The van der Waals surface area contributed by atoms with Crippen molar-refractivity contribution >= 4 is 35.1 Å². The summed E-state index contributed by atoms with van der Waals surface area (Å²) in [6, 6.07) is 15.3. The Hall–Kier alpha value is -2.86. The Morgan fingerprint density at radius 1 is 1.14 bits per heavy atom. The molecule has 2 aromatic rings. The molecule has 0 radical (unpaired) electrons. The Kier molecular flexibility index (Phi) is 5.99. The molecule has 2 aromatic carbocycles. The van der Waals surface area contributed by atoms with Gasteiger partial charge in [-0.3, -0.25) is 14.5 Å². The summed E-state index contributed by atoms with van der Waals surface area (Å²) in [6.45, 7) is 1.66. The number of amides is 4. The van der Waals surface area contributed by atoms with Gasteiger partial charge in [0, 0.05) is 10.7 Å². The molecule has 7 heteroatoms. The lowest BCUT2D eigenvalue weighted by molar-refractivity contribution is -0.134. The van der Waals surface area contributed by atoms with E-state index in [2.05, 4.69) is 10.6 Å². The molecule has 0 aliphatic carbocycles. The number of rotatable bonds is 7. The maximum atomic E-state index is 13.2. The van der Waals surface area contributed by atoms with E-state index in [9.17, 15) is 14.4 Å². The predicted molar refractivity (Wildman–Crippen MR) is 108 cm³/mol. The van der Waals surface area contributed by atoms with E-state index in [0.717, 1.165) is 23.3 Å². The molecule has 1 unspecified atom stereocenters. The first kappa shape index (κ1) is 19.9. The summed E-state index contributed by atoms with van der Waals surface area (Å²) < 4.78 is 0. The molecule has 1 atom stereocenters. The van der Waals surface area contributed by atoms with E-state index >= 15 is 0 Å². The molecule has 1 saturated heterocycles. The third-order valence-corrected chi connectivity index (χ3v) is 4.99. The number of hydrogen-bond donors (Lipinski definition) is 2. The topological polar surface area (TPSA) is 78.5 Å². The van der Waals surface area contributed by atoms with Crippen molar-refractivity contribution in [2.75, 3.05) is 11.9 Å². The van der Waals surface area contributed by atoms with Crippen molar-refractivity contribution < 1.29 is 14.4 Å². The first-order valence-corrected chi connectivity index (χ1v) is 9.59. The molecule has 1 aliphatic rings. The van der Waals surface area contributed by atoms with Crippen molar-refractivity contribution in [1.82, 2.24) is 10.2 Å². The number of nitrogens with zero attached hydrogens (tertiary/aromatic N) is 1. The number of halogens is 1. The van der Waals surface area contributed by atoms with Gasteiger partial charge >= 0.3 is 6.03 Å². The van der Waals surface area contributed by atoms with E-state index in [1.54, 1.807) is 24.3 Å². The van der Waals surface area contributed by atoms with Gasteiger partial charge in [-0.05, 0) is 30.2 Å². The monoisotopic (exact) mass is 399 g/mol. The summed E-state index contributed by atoms with van der Waals surface area (Å²) >= 11 is 5.92. The highest BCUT2D eigenvalue weighted by atomic mass is 35.5. The molecule has 0 aromatic heterocycles. The van der Waals surface area contributed by atoms with Crippen LogP contribution in [-0.2, 0) is 15.1 Å². The maximum absolute atomic E-state index is 13.2. The lowest BCUT2D eigenvalue weighted by Crippen LogP contribution is -2.44. The molecule has 2 N–H and O–H groups in total. The van der Waals surface area contributed by atoms with Crippen LogP contribution in [0.15, 0.2) is 54.6 Å². The van der Waals surface area contributed by atoms with Crippen molar-refractivity contribution in [2.24, 2.45) is 0 Å². The van der Waals surface area contributed by atoms with Gasteiger partial charge in [0.25, 0.3) is 5.91 Å². The van der Waals surface area contributed by atoms with Crippen LogP contribution in [0, 0.1) is 0 Å². The summed E-state index contributed by atoms with van der Waals surface area (Å²) in [5.41, 5.74) is 0.0921. The van der Waals surface area contributed by atoms with E-state index in [0.29, 0.717) is 17.1 Å². The highest BCUT2D eigenvalue weighted by molar-refractivity contribution is 6.30. The first-order valence-electron chi connectivity index (χ1n) is 9.21. The van der Waals surface area contributed by atoms with Crippen LogP contribution in [0.2, 0.25) is 5.02 Å². The summed E-state index contributed by atoms with van der Waals surface area (Å²) in [7, 11) is 0. The lowest BCUT2D eigenvalue weighted by atomic mass is 9.85. The fourth-order valence-electron chi connectivity index (χ4n) is 3.35. The van der Waals surface area contributed by atoms with Crippen molar-refractivity contribution in [3.8, 4) is 0 Å². The van der Waals surface area contributed by atoms with E-state index < -0.39 is 23.4 Å². The van der Waals surface area contributed by atoms with Crippen LogP contribution in [0.5, 0.6) is 0 Å². The highest BCUT2D eigenvalue weighted by Crippen LogP contribution is 2.34. The van der Waals surface area contributed by atoms with E-state index in [4.69, 9.17) is 11.6 Å². The summed E-state index contributed by atoms with van der Waals surface area (Å²) in [5.74, 6) is -0.872. The van der Waals surface area contributed by atoms with Crippen molar-refractivity contribution in [3.63, 3.8) is 0 Å². The average molecular weight is 400 g/mol. The lowest BCUT2D eigenvalue weighted by Gasteiger charge is -2.27. The van der Waals surface area contributed by atoms with Crippen molar-refractivity contribution in [1.29, 1.82) is 0 Å². The van der Waals surface area contributed by atoms with E-state index in [-0.39, 0.29) is 6.54 Å².